The Bertz CT molecular complexity index is 580. The first-order chi connectivity index (χ1) is 9.45. The Kier molecular flexibility index (Phi) is 2.96. The molecule has 2 heterocycles. The van der Waals surface area contributed by atoms with E-state index in [1.54, 1.807) is 12.1 Å². The van der Waals surface area contributed by atoms with E-state index in [2.05, 4.69) is 5.32 Å². The number of hydrogen-bond donors (Lipinski definition) is 1. The molecule has 1 N–H and O–H groups in total. The fourth-order valence-corrected chi connectivity index (χ4v) is 2.50. The molecule has 0 aromatic heterocycles. The second-order valence-corrected chi connectivity index (χ2v) is 4.87. The molecule has 1 saturated heterocycles. The number of amides is 1. The molecule has 3 nitrogen and oxygen atoms in total. The van der Waals surface area contributed by atoms with E-state index in [1.165, 1.54) is 6.07 Å². The molecule has 2 unspecified atom stereocenters. The molecule has 1 fully saturated rings. The number of alkyl halides is 3. The maximum Gasteiger partial charge on any atom is 0.416 e. The summed E-state index contributed by atoms with van der Waals surface area (Å²) in [5, 5.41) is 2.72. The molecular weight excluding hydrogens is 271 g/mol. The van der Waals surface area contributed by atoms with Crippen LogP contribution in [-0.4, -0.2) is 18.6 Å². The minimum atomic E-state index is -4.39. The first kappa shape index (κ1) is 13.0. The highest BCUT2D eigenvalue weighted by Crippen LogP contribution is 2.36. The Morgan fingerprint density at radius 3 is 2.80 bits per heavy atom. The zero-order valence-corrected chi connectivity index (χ0v) is 10.4. The summed E-state index contributed by atoms with van der Waals surface area (Å²) in [6, 6.07) is 4.94. The third kappa shape index (κ3) is 2.26. The van der Waals surface area contributed by atoms with Crippen LogP contribution in [0.4, 0.5) is 13.2 Å². The Morgan fingerprint density at radius 2 is 2.10 bits per heavy atom. The van der Waals surface area contributed by atoms with Crippen LogP contribution in [0.5, 0.6) is 0 Å². The van der Waals surface area contributed by atoms with Gasteiger partial charge < -0.3 is 10.1 Å². The maximum atomic E-state index is 12.7. The summed E-state index contributed by atoms with van der Waals surface area (Å²) in [6.07, 6.45) is -2.39. The van der Waals surface area contributed by atoms with Gasteiger partial charge in [-0.2, -0.15) is 13.2 Å². The van der Waals surface area contributed by atoms with Crippen molar-refractivity contribution < 1.29 is 22.7 Å². The summed E-state index contributed by atoms with van der Waals surface area (Å²) < 4.78 is 43.7. The molecule has 106 valence electrons. The van der Waals surface area contributed by atoms with E-state index in [9.17, 15) is 18.0 Å². The van der Waals surface area contributed by atoms with E-state index >= 15 is 0 Å². The van der Waals surface area contributed by atoms with Gasteiger partial charge >= 0.3 is 6.18 Å². The quantitative estimate of drug-likeness (QED) is 0.860. The number of fused-ring (bicyclic) bond motifs is 1. The third-order valence-electron chi connectivity index (χ3n) is 3.52. The highest BCUT2D eigenvalue weighted by Gasteiger charge is 2.38. The standard InChI is InChI=1S/C14H12F3NO2/c15-14(16,17)9-3-1-2-8(6-9)12-7-10-11(20-12)4-5-18-13(10)19/h1-3,6-7,10-11H,4-5H2,(H,18,19). The summed E-state index contributed by atoms with van der Waals surface area (Å²) in [6.45, 7) is 0.531. The van der Waals surface area contributed by atoms with E-state index < -0.39 is 17.7 Å². The highest BCUT2D eigenvalue weighted by atomic mass is 19.4. The van der Waals surface area contributed by atoms with Crippen molar-refractivity contribution in [2.75, 3.05) is 6.54 Å². The fourth-order valence-electron chi connectivity index (χ4n) is 2.50. The summed E-state index contributed by atoms with van der Waals surface area (Å²) in [5.74, 6) is -0.195. The predicted octanol–water partition coefficient (Wildman–Crippen LogP) is 2.58. The molecule has 0 saturated carbocycles. The van der Waals surface area contributed by atoms with Crippen LogP contribution in [0.25, 0.3) is 5.76 Å². The number of ether oxygens (including phenoxy) is 1. The molecule has 2 atom stereocenters. The van der Waals surface area contributed by atoms with Gasteiger partial charge in [0.15, 0.2) is 0 Å². The first-order valence-electron chi connectivity index (χ1n) is 6.29. The smallest absolute Gasteiger partial charge is 0.416 e. The van der Waals surface area contributed by atoms with Gasteiger partial charge in [-0.25, -0.2) is 0 Å². The molecule has 0 bridgehead atoms. The number of halogens is 3. The maximum absolute atomic E-state index is 12.7. The van der Waals surface area contributed by atoms with Crippen molar-refractivity contribution in [1.29, 1.82) is 0 Å². The number of hydrogen-bond acceptors (Lipinski definition) is 2. The average Bonchev–Trinajstić information content (AvgIpc) is 2.83. The van der Waals surface area contributed by atoms with Gasteiger partial charge in [0.2, 0.25) is 5.91 Å². The minimum Gasteiger partial charge on any atom is -0.489 e. The van der Waals surface area contributed by atoms with Gasteiger partial charge in [-0.1, -0.05) is 12.1 Å². The summed E-state index contributed by atoms with van der Waals surface area (Å²) >= 11 is 0. The summed E-state index contributed by atoms with van der Waals surface area (Å²) in [4.78, 5) is 11.7. The normalized spacial score (nSPS) is 25.6. The molecule has 0 aliphatic carbocycles. The van der Waals surface area contributed by atoms with Crippen LogP contribution in [-0.2, 0) is 15.7 Å². The van der Waals surface area contributed by atoms with Gasteiger partial charge in [0.05, 0.1) is 11.5 Å². The van der Waals surface area contributed by atoms with Gasteiger partial charge in [-0.3, -0.25) is 4.79 Å². The number of benzene rings is 1. The number of carbonyl (C=O) groups excluding carboxylic acids is 1. The van der Waals surface area contributed by atoms with Gasteiger partial charge in [0.25, 0.3) is 0 Å². The lowest BCUT2D eigenvalue weighted by molar-refractivity contribution is -0.137. The minimum absolute atomic E-state index is 0.136. The van der Waals surface area contributed by atoms with Crippen molar-refractivity contribution in [3.8, 4) is 0 Å². The lowest BCUT2D eigenvalue weighted by Crippen LogP contribution is -2.42. The highest BCUT2D eigenvalue weighted by molar-refractivity contribution is 5.85. The van der Waals surface area contributed by atoms with Crippen LogP contribution in [0.15, 0.2) is 30.3 Å². The Hall–Kier alpha value is -1.98. The summed E-state index contributed by atoms with van der Waals surface area (Å²) in [7, 11) is 0. The second kappa shape index (κ2) is 4.54. The predicted molar refractivity (Wildman–Crippen MR) is 65.4 cm³/mol. The topological polar surface area (TPSA) is 38.3 Å². The van der Waals surface area contributed by atoms with Crippen LogP contribution < -0.4 is 5.32 Å². The van der Waals surface area contributed by atoms with Crippen LogP contribution in [0.2, 0.25) is 0 Å². The van der Waals surface area contributed by atoms with Gasteiger partial charge in [-0.15, -0.1) is 0 Å². The van der Waals surface area contributed by atoms with Crippen LogP contribution in [0.3, 0.4) is 0 Å². The number of rotatable bonds is 1. The lowest BCUT2D eigenvalue weighted by atomic mass is 9.96. The van der Waals surface area contributed by atoms with Crippen LogP contribution in [0.1, 0.15) is 17.5 Å². The molecule has 2 aliphatic heterocycles. The number of carbonyl (C=O) groups is 1. The molecule has 1 amide bonds. The van der Waals surface area contributed by atoms with Crippen molar-refractivity contribution in [2.24, 2.45) is 5.92 Å². The second-order valence-electron chi connectivity index (χ2n) is 4.87. The molecule has 20 heavy (non-hydrogen) atoms. The first-order valence-corrected chi connectivity index (χ1v) is 6.29. The van der Waals surface area contributed by atoms with E-state index in [1.807, 2.05) is 0 Å². The Morgan fingerprint density at radius 1 is 1.30 bits per heavy atom. The van der Waals surface area contributed by atoms with Gasteiger partial charge in [-0.05, 0) is 18.2 Å². The van der Waals surface area contributed by atoms with E-state index in [-0.39, 0.29) is 12.0 Å². The average molecular weight is 283 g/mol. The molecular formula is C14H12F3NO2. The largest absolute Gasteiger partial charge is 0.489 e. The molecule has 0 spiro atoms. The van der Waals surface area contributed by atoms with Crippen molar-refractivity contribution >= 4 is 11.7 Å². The summed E-state index contributed by atoms with van der Waals surface area (Å²) in [5.41, 5.74) is -0.374. The van der Waals surface area contributed by atoms with Crippen LogP contribution in [0, 0.1) is 5.92 Å². The fraction of sp³-hybridized carbons (Fsp3) is 0.357. The molecule has 0 radical (unpaired) electrons. The number of piperidine rings is 1. The molecule has 3 rings (SSSR count). The Labute approximate surface area is 113 Å². The number of nitrogens with one attached hydrogen (secondary N) is 1. The van der Waals surface area contributed by atoms with E-state index in [0.717, 1.165) is 12.1 Å². The van der Waals surface area contributed by atoms with Crippen molar-refractivity contribution in [1.82, 2.24) is 5.32 Å². The molecule has 1 aromatic carbocycles. The van der Waals surface area contributed by atoms with Gasteiger partial charge in [0.1, 0.15) is 11.9 Å². The van der Waals surface area contributed by atoms with Crippen molar-refractivity contribution in [3.05, 3.63) is 41.5 Å². The van der Waals surface area contributed by atoms with Crippen molar-refractivity contribution in [2.45, 2.75) is 18.7 Å². The zero-order chi connectivity index (χ0) is 14.3. The SMILES string of the molecule is O=C1NCCC2OC(c3cccc(C(F)(F)F)c3)=CC12. The van der Waals surface area contributed by atoms with Crippen LogP contribution >= 0.6 is 0 Å². The van der Waals surface area contributed by atoms with Gasteiger partial charge in [0, 0.05) is 18.5 Å². The third-order valence-corrected chi connectivity index (χ3v) is 3.52. The monoisotopic (exact) mass is 283 g/mol. The molecule has 2 aliphatic rings. The van der Waals surface area contributed by atoms with E-state index in [0.29, 0.717) is 24.3 Å². The molecule has 6 heteroatoms. The Balaban J connectivity index is 1.91. The van der Waals surface area contributed by atoms with E-state index in [4.69, 9.17) is 4.74 Å². The lowest BCUT2D eigenvalue weighted by Gasteiger charge is -2.24. The zero-order valence-electron chi connectivity index (χ0n) is 10.4. The van der Waals surface area contributed by atoms with Crippen molar-refractivity contribution in [3.63, 3.8) is 0 Å². The molecule has 1 aromatic rings.